The van der Waals surface area contributed by atoms with Crippen LogP contribution in [0.3, 0.4) is 0 Å². The Morgan fingerprint density at radius 2 is 2.24 bits per heavy atom. The van der Waals surface area contributed by atoms with Crippen molar-refractivity contribution in [3.63, 3.8) is 0 Å². The third-order valence-electron chi connectivity index (χ3n) is 4.41. The van der Waals surface area contributed by atoms with E-state index in [2.05, 4.69) is 39.3 Å². The van der Waals surface area contributed by atoms with Crippen LogP contribution in [-0.2, 0) is 23.3 Å². The maximum Gasteiger partial charge on any atom is 0.244 e. The lowest BCUT2D eigenvalue weighted by Gasteiger charge is -2.26. The first kappa shape index (κ1) is 14.2. The number of aromatic nitrogens is 4. The van der Waals surface area contributed by atoms with E-state index in [1.54, 1.807) is 13.4 Å². The van der Waals surface area contributed by atoms with Crippen molar-refractivity contribution in [1.29, 1.82) is 0 Å². The molecule has 1 aliphatic heterocycles. The third-order valence-corrected chi connectivity index (χ3v) is 4.41. The average Bonchev–Trinajstić information content (AvgIpc) is 3.18. The molecule has 7 heteroatoms. The Morgan fingerprint density at radius 1 is 1.43 bits per heavy atom. The number of imidazole rings is 1. The van der Waals surface area contributed by atoms with Gasteiger partial charge in [0.25, 0.3) is 0 Å². The van der Waals surface area contributed by atoms with Gasteiger partial charge >= 0.3 is 0 Å². The van der Waals surface area contributed by atoms with Gasteiger partial charge in [-0.15, -0.1) is 0 Å². The van der Waals surface area contributed by atoms with Gasteiger partial charge in [-0.3, -0.25) is 5.32 Å². The van der Waals surface area contributed by atoms with Gasteiger partial charge in [0, 0.05) is 20.1 Å². The van der Waals surface area contributed by atoms with Crippen molar-refractivity contribution < 1.29 is 9.26 Å². The van der Waals surface area contributed by atoms with E-state index in [9.17, 15) is 0 Å². The molecule has 0 fully saturated rings. The van der Waals surface area contributed by atoms with Gasteiger partial charge in [-0.2, -0.15) is 4.98 Å². The molecule has 0 aliphatic carbocycles. The van der Waals surface area contributed by atoms with Crippen molar-refractivity contribution >= 4 is 0 Å². The van der Waals surface area contributed by atoms with Gasteiger partial charge in [-0.05, 0) is 12.8 Å². The van der Waals surface area contributed by atoms with Gasteiger partial charge < -0.3 is 14.2 Å². The van der Waals surface area contributed by atoms with Crippen molar-refractivity contribution in [2.24, 2.45) is 0 Å². The minimum absolute atomic E-state index is 0.00492. The van der Waals surface area contributed by atoms with E-state index in [-0.39, 0.29) is 6.04 Å². The molecule has 1 unspecified atom stereocenters. The fraction of sp³-hybridized carbons (Fsp3) is 0.643. The maximum absolute atomic E-state index is 5.64. The fourth-order valence-electron chi connectivity index (χ4n) is 2.85. The lowest BCUT2D eigenvalue weighted by atomic mass is 9.96. The number of rotatable bonds is 5. The lowest BCUT2D eigenvalue weighted by molar-refractivity contribution is -0.0306. The smallest absolute Gasteiger partial charge is 0.244 e. The molecule has 0 aromatic carbocycles. The van der Waals surface area contributed by atoms with Gasteiger partial charge in [0.05, 0.1) is 23.8 Å². The molecule has 7 nitrogen and oxygen atoms in total. The van der Waals surface area contributed by atoms with E-state index in [0.717, 1.165) is 37.2 Å². The number of hydrogen-bond donors (Lipinski definition) is 2. The fourth-order valence-corrected chi connectivity index (χ4v) is 2.85. The van der Waals surface area contributed by atoms with Crippen molar-refractivity contribution in [2.75, 3.05) is 7.11 Å². The van der Waals surface area contributed by atoms with Crippen molar-refractivity contribution in [3.05, 3.63) is 29.4 Å². The van der Waals surface area contributed by atoms with E-state index in [1.807, 2.05) is 0 Å². The standard InChI is InChI=1S/C14H21N5O2/c1-4-14(5-2,20-3)13-18-12(21-19-13)10-6-9-11(7-15-10)17-8-16-9/h8,10,15H,4-7H2,1-3H3,(H,16,17). The lowest BCUT2D eigenvalue weighted by Crippen LogP contribution is -2.30. The summed E-state index contributed by atoms with van der Waals surface area (Å²) in [6.45, 7) is 4.87. The van der Waals surface area contributed by atoms with Crippen LogP contribution in [0.4, 0.5) is 0 Å². The van der Waals surface area contributed by atoms with Crippen LogP contribution in [-0.4, -0.2) is 27.2 Å². The SMILES string of the molecule is CCC(CC)(OC)c1noc(C2Cc3nc[nH]c3CN2)n1. The summed E-state index contributed by atoms with van der Waals surface area (Å²) in [7, 11) is 1.69. The van der Waals surface area contributed by atoms with Crippen LogP contribution in [0.5, 0.6) is 0 Å². The number of H-pyrrole nitrogens is 1. The molecule has 0 saturated carbocycles. The highest BCUT2D eigenvalue weighted by Gasteiger charge is 2.35. The highest BCUT2D eigenvalue weighted by molar-refractivity contribution is 5.18. The molecule has 3 rings (SSSR count). The predicted octanol–water partition coefficient (Wildman–Crippen LogP) is 1.84. The van der Waals surface area contributed by atoms with E-state index in [1.165, 1.54) is 0 Å². The second kappa shape index (κ2) is 5.57. The summed E-state index contributed by atoms with van der Waals surface area (Å²) in [4.78, 5) is 12.0. The zero-order chi connectivity index (χ0) is 14.9. The first-order valence-electron chi connectivity index (χ1n) is 7.36. The Morgan fingerprint density at radius 3 is 2.95 bits per heavy atom. The largest absolute Gasteiger partial charge is 0.370 e. The Bertz CT molecular complexity index is 594. The van der Waals surface area contributed by atoms with E-state index >= 15 is 0 Å². The van der Waals surface area contributed by atoms with Gasteiger partial charge in [0.15, 0.2) is 0 Å². The molecule has 1 atom stereocenters. The first-order valence-corrected chi connectivity index (χ1v) is 7.36. The summed E-state index contributed by atoms with van der Waals surface area (Å²) in [5.41, 5.74) is 1.72. The number of aromatic amines is 1. The zero-order valence-electron chi connectivity index (χ0n) is 12.6. The average molecular weight is 291 g/mol. The second-order valence-electron chi connectivity index (χ2n) is 5.33. The normalized spacial score (nSPS) is 18.7. The Hall–Kier alpha value is -1.73. The molecule has 1 aliphatic rings. The second-order valence-corrected chi connectivity index (χ2v) is 5.33. The van der Waals surface area contributed by atoms with Crippen molar-refractivity contribution in [1.82, 2.24) is 25.4 Å². The molecule has 21 heavy (non-hydrogen) atoms. The van der Waals surface area contributed by atoms with Crippen molar-refractivity contribution in [2.45, 2.75) is 51.3 Å². The molecule has 2 aromatic rings. The summed E-state index contributed by atoms with van der Waals surface area (Å²) in [6, 6.07) is 0.00492. The Kier molecular flexibility index (Phi) is 3.77. The van der Waals surface area contributed by atoms with Crippen LogP contribution in [0.1, 0.15) is 55.8 Å². The van der Waals surface area contributed by atoms with Gasteiger partial charge in [-0.25, -0.2) is 4.98 Å². The molecule has 2 N–H and O–H groups in total. The minimum Gasteiger partial charge on any atom is -0.370 e. The van der Waals surface area contributed by atoms with Gasteiger partial charge in [0.2, 0.25) is 11.7 Å². The quantitative estimate of drug-likeness (QED) is 0.874. The highest BCUT2D eigenvalue weighted by atomic mass is 16.5. The summed E-state index contributed by atoms with van der Waals surface area (Å²) < 4.78 is 11.1. The van der Waals surface area contributed by atoms with Crippen LogP contribution in [0.15, 0.2) is 10.9 Å². The van der Waals surface area contributed by atoms with Gasteiger partial charge in [-0.1, -0.05) is 19.0 Å². The molecule has 0 spiro atoms. The van der Waals surface area contributed by atoms with E-state index < -0.39 is 5.60 Å². The van der Waals surface area contributed by atoms with E-state index in [0.29, 0.717) is 11.7 Å². The molecule has 0 amide bonds. The van der Waals surface area contributed by atoms with E-state index in [4.69, 9.17) is 9.26 Å². The summed E-state index contributed by atoms with van der Waals surface area (Å²) in [5, 5.41) is 7.53. The minimum atomic E-state index is -0.464. The molecule has 0 saturated heterocycles. The zero-order valence-corrected chi connectivity index (χ0v) is 12.6. The first-order chi connectivity index (χ1) is 10.2. The topological polar surface area (TPSA) is 88.9 Å². The maximum atomic E-state index is 5.64. The number of nitrogens with one attached hydrogen (secondary N) is 2. The molecule has 3 heterocycles. The molecular weight excluding hydrogens is 270 g/mol. The number of nitrogens with zero attached hydrogens (tertiary/aromatic N) is 3. The molecule has 2 aromatic heterocycles. The summed E-state index contributed by atoms with van der Waals surface area (Å²) >= 11 is 0. The van der Waals surface area contributed by atoms with Crippen LogP contribution in [0.2, 0.25) is 0 Å². The van der Waals surface area contributed by atoms with Crippen LogP contribution < -0.4 is 5.32 Å². The predicted molar refractivity (Wildman–Crippen MR) is 75.4 cm³/mol. The number of methoxy groups -OCH3 is 1. The third kappa shape index (κ3) is 2.36. The molecule has 0 radical (unpaired) electrons. The highest BCUT2D eigenvalue weighted by Crippen LogP contribution is 2.31. The molecular formula is C14H21N5O2. The van der Waals surface area contributed by atoms with Crippen LogP contribution in [0, 0.1) is 0 Å². The number of fused-ring (bicyclic) bond motifs is 1. The monoisotopic (exact) mass is 291 g/mol. The summed E-state index contributed by atoms with van der Waals surface area (Å²) in [6.07, 6.45) is 4.08. The number of ether oxygens (including phenoxy) is 1. The van der Waals surface area contributed by atoms with Crippen LogP contribution in [0.25, 0.3) is 0 Å². The molecule has 114 valence electrons. The van der Waals surface area contributed by atoms with Gasteiger partial charge in [0.1, 0.15) is 5.60 Å². The Balaban J connectivity index is 1.83. The van der Waals surface area contributed by atoms with Crippen LogP contribution >= 0.6 is 0 Å². The summed E-state index contributed by atoms with van der Waals surface area (Å²) in [5.74, 6) is 1.22. The Labute approximate surface area is 123 Å². The van der Waals surface area contributed by atoms with Crippen molar-refractivity contribution in [3.8, 4) is 0 Å². The molecule has 0 bridgehead atoms. The number of hydrogen-bond acceptors (Lipinski definition) is 6.